The minimum Gasteiger partial charge on any atom is -0.463 e. The molecule has 0 saturated carbocycles. The summed E-state index contributed by atoms with van der Waals surface area (Å²) in [6.07, 6.45) is 1.07. The van der Waals surface area contributed by atoms with Crippen LogP contribution in [0.4, 0.5) is 4.79 Å². The minimum absolute atomic E-state index is 0.101. The van der Waals surface area contributed by atoms with Crippen LogP contribution in [0.25, 0.3) is 0 Å². The number of carbonyl (C=O) groups excluding carboxylic acids is 2. The quantitative estimate of drug-likeness (QED) is 0.850. The van der Waals surface area contributed by atoms with Gasteiger partial charge in [-0.2, -0.15) is 0 Å². The van der Waals surface area contributed by atoms with Crippen molar-refractivity contribution in [3.63, 3.8) is 0 Å². The Morgan fingerprint density at radius 1 is 1.32 bits per heavy atom. The average Bonchev–Trinajstić information content (AvgIpc) is 2.97. The van der Waals surface area contributed by atoms with Crippen LogP contribution in [0.3, 0.4) is 0 Å². The van der Waals surface area contributed by atoms with E-state index >= 15 is 0 Å². The first-order chi connectivity index (χ1) is 10.6. The van der Waals surface area contributed by atoms with Gasteiger partial charge < -0.3 is 15.0 Å². The second-order valence-corrected chi connectivity index (χ2v) is 5.86. The fraction of sp³-hybridized carbons (Fsp3) is 0.529. The second-order valence-electron chi connectivity index (χ2n) is 5.86. The molecule has 0 radical (unpaired) electrons. The van der Waals surface area contributed by atoms with Crippen LogP contribution in [0.1, 0.15) is 38.2 Å². The Morgan fingerprint density at radius 2 is 2.05 bits per heavy atom. The summed E-state index contributed by atoms with van der Waals surface area (Å²) in [5.41, 5.74) is 1.28. The third-order valence-electron chi connectivity index (χ3n) is 3.72. The monoisotopic (exact) mass is 304 g/mol. The maximum Gasteiger partial charge on any atom is 0.317 e. The van der Waals surface area contributed by atoms with E-state index in [1.165, 1.54) is 5.56 Å². The SMILES string of the molecule is CC(C)OC(=O)CCNC(=O)N1CCC(c2ccccc2)C1. The predicted octanol–water partition coefficient (Wildman–Crippen LogP) is 2.53. The van der Waals surface area contributed by atoms with E-state index in [4.69, 9.17) is 4.74 Å². The van der Waals surface area contributed by atoms with Crippen LogP contribution in [0.5, 0.6) is 0 Å². The molecule has 1 N–H and O–H groups in total. The fourth-order valence-electron chi connectivity index (χ4n) is 2.65. The van der Waals surface area contributed by atoms with Gasteiger partial charge in [-0.1, -0.05) is 30.3 Å². The van der Waals surface area contributed by atoms with E-state index in [-0.39, 0.29) is 24.5 Å². The summed E-state index contributed by atoms with van der Waals surface area (Å²) in [5, 5.41) is 2.79. The Bertz CT molecular complexity index is 502. The third-order valence-corrected chi connectivity index (χ3v) is 3.72. The van der Waals surface area contributed by atoms with Crippen molar-refractivity contribution in [2.75, 3.05) is 19.6 Å². The molecular weight excluding hydrogens is 280 g/mol. The molecule has 120 valence electrons. The zero-order valence-electron chi connectivity index (χ0n) is 13.2. The number of benzene rings is 1. The van der Waals surface area contributed by atoms with Gasteiger partial charge >= 0.3 is 12.0 Å². The summed E-state index contributed by atoms with van der Waals surface area (Å²) in [6, 6.07) is 10.2. The number of ether oxygens (including phenoxy) is 1. The van der Waals surface area contributed by atoms with Gasteiger partial charge in [0.1, 0.15) is 0 Å². The summed E-state index contributed by atoms with van der Waals surface area (Å²) in [5.74, 6) is 0.122. The van der Waals surface area contributed by atoms with Gasteiger partial charge in [0.15, 0.2) is 0 Å². The van der Waals surface area contributed by atoms with E-state index in [0.717, 1.165) is 19.5 Å². The number of nitrogens with one attached hydrogen (secondary N) is 1. The van der Waals surface area contributed by atoms with Gasteiger partial charge in [-0.05, 0) is 25.8 Å². The molecule has 0 spiro atoms. The molecule has 0 bridgehead atoms. The number of hydrogen-bond acceptors (Lipinski definition) is 3. The van der Waals surface area contributed by atoms with Crippen molar-refractivity contribution in [1.82, 2.24) is 10.2 Å². The highest BCUT2D eigenvalue weighted by Gasteiger charge is 2.27. The summed E-state index contributed by atoms with van der Waals surface area (Å²) in [7, 11) is 0. The molecule has 1 aliphatic rings. The largest absolute Gasteiger partial charge is 0.463 e. The maximum absolute atomic E-state index is 12.1. The standard InChI is InChI=1S/C17H24N2O3/c1-13(2)22-16(20)8-10-18-17(21)19-11-9-15(12-19)14-6-4-3-5-7-14/h3-7,13,15H,8-12H2,1-2H3,(H,18,21). The molecule has 22 heavy (non-hydrogen) atoms. The molecule has 1 heterocycles. The van der Waals surface area contributed by atoms with E-state index in [9.17, 15) is 9.59 Å². The number of likely N-dealkylation sites (tertiary alicyclic amines) is 1. The average molecular weight is 304 g/mol. The third kappa shape index (κ3) is 4.76. The number of amides is 2. The zero-order valence-corrected chi connectivity index (χ0v) is 13.2. The summed E-state index contributed by atoms with van der Waals surface area (Å²) >= 11 is 0. The Hall–Kier alpha value is -2.04. The smallest absolute Gasteiger partial charge is 0.317 e. The van der Waals surface area contributed by atoms with Crippen LogP contribution in [-0.4, -0.2) is 42.6 Å². The highest BCUT2D eigenvalue weighted by Crippen LogP contribution is 2.26. The molecule has 1 unspecified atom stereocenters. The van der Waals surface area contributed by atoms with E-state index in [0.29, 0.717) is 12.5 Å². The Kier molecular flexibility index (Phi) is 5.81. The lowest BCUT2D eigenvalue weighted by atomic mass is 9.99. The lowest BCUT2D eigenvalue weighted by Crippen LogP contribution is -2.39. The van der Waals surface area contributed by atoms with Gasteiger partial charge in [0.25, 0.3) is 0 Å². The topological polar surface area (TPSA) is 58.6 Å². The summed E-state index contributed by atoms with van der Waals surface area (Å²) in [4.78, 5) is 25.3. The van der Waals surface area contributed by atoms with Crippen LogP contribution in [-0.2, 0) is 9.53 Å². The van der Waals surface area contributed by atoms with Crippen molar-refractivity contribution in [2.24, 2.45) is 0 Å². The van der Waals surface area contributed by atoms with Crippen molar-refractivity contribution in [3.8, 4) is 0 Å². The highest BCUT2D eigenvalue weighted by molar-refractivity contribution is 5.76. The predicted molar refractivity (Wildman–Crippen MR) is 84.6 cm³/mol. The molecule has 1 atom stereocenters. The van der Waals surface area contributed by atoms with Gasteiger partial charge in [-0.3, -0.25) is 4.79 Å². The number of hydrogen-bond donors (Lipinski definition) is 1. The van der Waals surface area contributed by atoms with Crippen LogP contribution < -0.4 is 5.32 Å². The molecule has 1 aromatic carbocycles. The van der Waals surface area contributed by atoms with E-state index in [2.05, 4.69) is 17.4 Å². The van der Waals surface area contributed by atoms with E-state index in [1.54, 1.807) is 0 Å². The van der Waals surface area contributed by atoms with Crippen molar-refractivity contribution < 1.29 is 14.3 Å². The van der Waals surface area contributed by atoms with Crippen LogP contribution in [0.15, 0.2) is 30.3 Å². The number of rotatable bonds is 5. The lowest BCUT2D eigenvalue weighted by Gasteiger charge is -2.17. The number of urea groups is 1. The number of esters is 1. The first-order valence-electron chi connectivity index (χ1n) is 7.83. The minimum atomic E-state index is -0.279. The van der Waals surface area contributed by atoms with Crippen LogP contribution in [0.2, 0.25) is 0 Å². The summed E-state index contributed by atoms with van der Waals surface area (Å²) in [6.45, 7) is 5.42. The fourth-order valence-corrected chi connectivity index (χ4v) is 2.65. The van der Waals surface area contributed by atoms with Crippen LogP contribution >= 0.6 is 0 Å². The molecule has 0 aliphatic carbocycles. The number of nitrogens with zero attached hydrogens (tertiary/aromatic N) is 1. The molecule has 5 heteroatoms. The van der Waals surface area contributed by atoms with Gasteiger partial charge in [-0.25, -0.2) is 4.79 Å². The van der Waals surface area contributed by atoms with Crippen molar-refractivity contribution in [2.45, 2.75) is 38.7 Å². The first-order valence-corrected chi connectivity index (χ1v) is 7.83. The van der Waals surface area contributed by atoms with Gasteiger partial charge in [0.2, 0.25) is 0 Å². The number of carbonyl (C=O) groups is 2. The van der Waals surface area contributed by atoms with Gasteiger partial charge in [0, 0.05) is 25.6 Å². The van der Waals surface area contributed by atoms with Gasteiger partial charge in [0.05, 0.1) is 12.5 Å². The Balaban J connectivity index is 1.72. The zero-order chi connectivity index (χ0) is 15.9. The van der Waals surface area contributed by atoms with Crippen LogP contribution in [0, 0.1) is 0 Å². The highest BCUT2D eigenvalue weighted by atomic mass is 16.5. The summed E-state index contributed by atoms with van der Waals surface area (Å²) < 4.78 is 5.03. The molecule has 2 rings (SSSR count). The molecule has 0 aromatic heterocycles. The molecule has 5 nitrogen and oxygen atoms in total. The normalized spacial score (nSPS) is 17.6. The van der Waals surface area contributed by atoms with E-state index in [1.807, 2.05) is 36.9 Å². The van der Waals surface area contributed by atoms with Gasteiger partial charge in [-0.15, -0.1) is 0 Å². The van der Waals surface area contributed by atoms with Crippen molar-refractivity contribution >= 4 is 12.0 Å². The molecular formula is C17H24N2O3. The molecule has 1 saturated heterocycles. The molecule has 1 fully saturated rings. The first kappa shape index (κ1) is 16.3. The molecule has 2 amide bonds. The van der Waals surface area contributed by atoms with Crippen molar-refractivity contribution in [3.05, 3.63) is 35.9 Å². The second kappa shape index (κ2) is 7.82. The lowest BCUT2D eigenvalue weighted by molar-refractivity contribution is -0.147. The maximum atomic E-state index is 12.1. The molecule has 1 aromatic rings. The Labute approximate surface area is 131 Å². The van der Waals surface area contributed by atoms with E-state index < -0.39 is 0 Å². The Morgan fingerprint density at radius 3 is 2.73 bits per heavy atom. The molecule has 1 aliphatic heterocycles. The van der Waals surface area contributed by atoms with Crippen molar-refractivity contribution in [1.29, 1.82) is 0 Å².